The van der Waals surface area contributed by atoms with Gasteiger partial charge in [-0.25, -0.2) is 14.0 Å². The molecule has 9 heteroatoms. The molecule has 0 bridgehead atoms. The molecule has 0 radical (unpaired) electrons. The number of ether oxygens (including phenoxy) is 3. The Morgan fingerprint density at radius 1 is 1.29 bits per heavy atom. The van der Waals surface area contributed by atoms with Crippen molar-refractivity contribution in [2.24, 2.45) is 0 Å². The van der Waals surface area contributed by atoms with Gasteiger partial charge in [0, 0.05) is 31.3 Å². The molecular formula is C22H28ClFN2O5. The number of carbonyl (C=O) groups is 2. The average Bonchev–Trinajstić information content (AvgIpc) is 2.69. The van der Waals surface area contributed by atoms with Gasteiger partial charge in [-0.15, -0.1) is 6.42 Å². The smallest absolute Gasteiger partial charge is 0.410 e. The Kier molecular flexibility index (Phi) is 8.40. The lowest BCUT2D eigenvalue weighted by molar-refractivity contribution is 0.000635. The number of hydrogen-bond donors (Lipinski definition) is 0. The summed E-state index contributed by atoms with van der Waals surface area (Å²) in [6, 6.07) is 2.31. The quantitative estimate of drug-likeness (QED) is 0.614. The van der Waals surface area contributed by atoms with Crippen molar-refractivity contribution in [3.8, 4) is 18.1 Å². The summed E-state index contributed by atoms with van der Waals surface area (Å²) in [6.07, 6.45) is 4.72. The highest BCUT2D eigenvalue weighted by atomic mass is 35.5. The number of amides is 2. The van der Waals surface area contributed by atoms with Crippen LogP contribution in [0.25, 0.3) is 0 Å². The van der Waals surface area contributed by atoms with Gasteiger partial charge in [0.25, 0.3) is 0 Å². The predicted octanol–water partition coefficient (Wildman–Crippen LogP) is 4.46. The second-order valence-corrected chi connectivity index (χ2v) is 8.50. The first kappa shape index (κ1) is 24.6. The second kappa shape index (κ2) is 10.6. The maximum Gasteiger partial charge on any atom is 0.410 e. The molecule has 2 amide bonds. The van der Waals surface area contributed by atoms with Gasteiger partial charge in [-0.2, -0.15) is 0 Å². The maximum atomic E-state index is 14.4. The van der Waals surface area contributed by atoms with Gasteiger partial charge in [0.1, 0.15) is 30.4 Å². The van der Waals surface area contributed by atoms with E-state index < -0.39 is 23.6 Å². The highest BCUT2D eigenvalue weighted by molar-refractivity contribution is 6.31. The highest BCUT2D eigenvalue weighted by Gasteiger charge is 2.34. The minimum Gasteiger partial charge on any atom is -0.481 e. The molecule has 1 aliphatic heterocycles. The molecule has 0 spiro atoms. The van der Waals surface area contributed by atoms with Crippen LogP contribution in [0, 0.1) is 18.2 Å². The van der Waals surface area contributed by atoms with Gasteiger partial charge >= 0.3 is 12.2 Å². The summed E-state index contributed by atoms with van der Waals surface area (Å²) in [7, 11) is 0. The molecule has 1 aromatic carbocycles. The zero-order valence-corrected chi connectivity index (χ0v) is 19.0. The molecule has 0 aliphatic carbocycles. The summed E-state index contributed by atoms with van der Waals surface area (Å²) in [4.78, 5) is 28.1. The molecule has 31 heavy (non-hydrogen) atoms. The summed E-state index contributed by atoms with van der Waals surface area (Å²) in [5, 5.41) is 0.0709. The van der Waals surface area contributed by atoms with E-state index in [4.69, 9.17) is 32.2 Å². The standard InChI is InChI=1S/C22H28ClFN2O5/c1-6-10-29-16-11-18(23)17(19(24)12-16)14-30-21(28)26-9-8-25(13-15(26)7-2)20(27)31-22(3,4)5/h1,11-12,15H,7-10,13-14H2,2-5H3/t15-/m1/s1. The van der Waals surface area contributed by atoms with Gasteiger partial charge in [-0.3, -0.25) is 0 Å². The molecule has 0 N–H and O–H groups in total. The number of rotatable bonds is 5. The third kappa shape index (κ3) is 6.93. The molecule has 7 nitrogen and oxygen atoms in total. The van der Waals surface area contributed by atoms with E-state index in [9.17, 15) is 14.0 Å². The Morgan fingerprint density at radius 2 is 2.00 bits per heavy atom. The molecular weight excluding hydrogens is 427 g/mol. The van der Waals surface area contributed by atoms with Crippen LogP contribution in [0.3, 0.4) is 0 Å². The van der Waals surface area contributed by atoms with E-state index in [2.05, 4.69) is 5.92 Å². The SMILES string of the molecule is C#CCOc1cc(F)c(COC(=O)N2CCN(C(=O)OC(C)(C)C)C[C@H]2CC)c(Cl)c1. The van der Waals surface area contributed by atoms with Gasteiger partial charge in [0.2, 0.25) is 0 Å². The first-order valence-electron chi connectivity index (χ1n) is 10.0. The van der Waals surface area contributed by atoms with Crippen molar-refractivity contribution in [2.45, 2.75) is 52.4 Å². The lowest BCUT2D eigenvalue weighted by Crippen LogP contribution is -2.57. The van der Waals surface area contributed by atoms with Crippen LogP contribution in [-0.2, 0) is 16.1 Å². The topological polar surface area (TPSA) is 68.3 Å². The minimum absolute atomic E-state index is 0.0161. The van der Waals surface area contributed by atoms with Crippen molar-refractivity contribution >= 4 is 23.8 Å². The molecule has 0 saturated carbocycles. The number of terminal acetylenes is 1. The third-order valence-corrected chi connectivity index (χ3v) is 4.95. The molecule has 1 aromatic rings. The van der Waals surface area contributed by atoms with Gasteiger partial charge in [-0.05, 0) is 33.3 Å². The van der Waals surface area contributed by atoms with Crippen LogP contribution in [0.5, 0.6) is 5.75 Å². The molecule has 1 fully saturated rings. The van der Waals surface area contributed by atoms with Gasteiger partial charge < -0.3 is 24.0 Å². The van der Waals surface area contributed by atoms with E-state index in [1.165, 1.54) is 11.0 Å². The number of piperazine rings is 1. The van der Waals surface area contributed by atoms with E-state index in [1.807, 2.05) is 6.92 Å². The Labute approximate surface area is 187 Å². The summed E-state index contributed by atoms with van der Waals surface area (Å²) in [6.45, 7) is 7.89. The largest absolute Gasteiger partial charge is 0.481 e. The fourth-order valence-electron chi connectivity index (χ4n) is 3.08. The molecule has 1 heterocycles. The number of halogens is 2. The molecule has 1 aliphatic rings. The van der Waals surface area contributed by atoms with Crippen LogP contribution >= 0.6 is 11.6 Å². The molecule has 2 rings (SSSR count). The molecule has 0 aromatic heterocycles. The van der Waals surface area contributed by atoms with Crippen molar-refractivity contribution in [3.05, 3.63) is 28.5 Å². The van der Waals surface area contributed by atoms with Gasteiger partial charge in [0.05, 0.1) is 11.1 Å². The molecule has 1 atom stereocenters. The van der Waals surface area contributed by atoms with E-state index in [0.717, 1.165) is 6.07 Å². The number of nitrogens with zero attached hydrogens (tertiary/aromatic N) is 2. The number of carbonyl (C=O) groups excluding carboxylic acids is 2. The van der Waals surface area contributed by atoms with E-state index in [1.54, 1.807) is 25.7 Å². The predicted molar refractivity (Wildman–Crippen MR) is 115 cm³/mol. The highest BCUT2D eigenvalue weighted by Crippen LogP contribution is 2.27. The Hall–Kier alpha value is -2.66. The summed E-state index contributed by atoms with van der Waals surface area (Å²) < 4.78 is 30.3. The number of hydrogen-bond acceptors (Lipinski definition) is 5. The third-order valence-electron chi connectivity index (χ3n) is 4.62. The zero-order valence-electron chi connectivity index (χ0n) is 18.2. The van der Waals surface area contributed by atoms with Crippen molar-refractivity contribution in [2.75, 3.05) is 26.2 Å². The van der Waals surface area contributed by atoms with E-state index in [0.29, 0.717) is 19.5 Å². The average molecular weight is 455 g/mol. The van der Waals surface area contributed by atoms with Crippen LogP contribution in [0.2, 0.25) is 5.02 Å². The monoisotopic (exact) mass is 454 g/mol. The first-order chi connectivity index (χ1) is 14.6. The molecule has 1 saturated heterocycles. The summed E-state index contributed by atoms with van der Waals surface area (Å²) >= 11 is 6.11. The fourth-order valence-corrected chi connectivity index (χ4v) is 3.33. The van der Waals surface area contributed by atoms with E-state index in [-0.39, 0.29) is 42.1 Å². The maximum absolute atomic E-state index is 14.4. The lowest BCUT2D eigenvalue weighted by atomic mass is 10.1. The summed E-state index contributed by atoms with van der Waals surface area (Å²) in [5.41, 5.74) is -0.553. The summed E-state index contributed by atoms with van der Waals surface area (Å²) in [5.74, 6) is 1.82. The molecule has 170 valence electrons. The van der Waals surface area contributed by atoms with Crippen molar-refractivity contribution in [3.63, 3.8) is 0 Å². The number of benzene rings is 1. The van der Waals surface area contributed by atoms with Gasteiger partial charge in [0.15, 0.2) is 0 Å². The Bertz CT molecular complexity index is 826. The first-order valence-corrected chi connectivity index (χ1v) is 10.4. The van der Waals surface area contributed by atoms with E-state index >= 15 is 0 Å². The Balaban J connectivity index is 1.98. The normalized spacial score (nSPS) is 16.5. The van der Waals surface area contributed by atoms with Crippen molar-refractivity contribution in [1.82, 2.24) is 9.80 Å². The van der Waals surface area contributed by atoms with Crippen LogP contribution in [0.1, 0.15) is 39.7 Å². The lowest BCUT2D eigenvalue weighted by Gasteiger charge is -2.40. The van der Waals surface area contributed by atoms with Crippen LogP contribution in [0.15, 0.2) is 12.1 Å². The van der Waals surface area contributed by atoms with Crippen molar-refractivity contribution in [1.29, 1.82) is 0 Å². The second-order valence-electron chi connectivity index (χ2n) is 8.09. The Morgan fingerprint density at radius 3 is 2.58 bits per heavy atom. The van der Waals surface area contributed by atoms with Crippen LogP contribution in [-0.4, -0.2) is 59.9 Å². The molecule has 0 unspecified atom stereocenters. The fraction of sp³-hybridized carbons (Fsp3) is 0.545. The van der Waals surface area contributed by atoms with Crippen LogP contribution in [0.4, 0.5) is 14.0 Å². The zero-order chi connectivity index (χ0) is 23.2. The van der Waals surface area contributed by atoms with Crippen LogP contribution < -0.4 is 4.74 Å². The van der Waals surface area contributed by atoms with Crippen molar-refractivity contribution < 1.29 is 28.2 Å². The minimum atomic E-state index is -0.658. The van der Waals surface area contributed by atoms with Gasteiger partial charge in [-0.1, -0.05) is 24.4 Å².